The average molecular weight is 385 g/mol. The van der Waals surface area contributed by atoms with Crippen LogP contribution in [0, 0.1) is 0 Å². The maximum absolute atomic E-state index is 4.76. The van der Waals surface area contributed by atoms with Crippen LogP contribution in [-0.2, 0) is 0 Å². The van der Waals surface area contributed by atoms with E-state index in [-0.39, 0.29) is 0 Å². The first-order chi connectivity index (χ1) is 14.9. The van der Waals surface area contributed by atoms with E-state index in [9.17, 15) is 0 Å². The third-order valence-electron chi connectivity index (χ3n) is 5.57. The van der Waals surface area contributed by atoms with E-state index in [0.717, 1.165) is 39.1 Å². The molecule has 3 heteroatoms. The summed E-state index contributed by atoms with van der Waals surface area (Å²) in [6.45, 7) is 0. The predicted molar refractivity (Wildman–Crippen MR) is 123 cm³/mol. The molecule has 0 unspecified atom stereocenters. The van der Waals surface area contributed by atoms with Crippen molar-refractivity contribution in [2.45, 2.75) is 0 Å². The lowest BCUT2D eigenvalue weighted by Gasteiger charge is -2.14. The van der Waals surface area contributed by atoms with Gasteiger partial charge in [-0.1, -0.05) is 66.7 Å². The number of benzene rings is 3. The molecule has 0 aliphatic rings. The van der Waals surface area contributed by atoms with Gasteiger partial charge in [0.05, 0.1) is 16.7 Å². The van der Waals surface area contributed by atoms with Crippen LogP contribution in [0.15, 0.2) is 115 Å². The van der Waals surface area contributed by atoms with Crippen molar-refractivity contribution in [3.63, 3.8) is 0 Å². The monoisotopic (exact) mass is 385 g/mol. The number of para-hydroxylation sites is 2. The molecular weight excluding hydrogens is 366 g/mol. The zero-order valence-corrected chi connectivity index (χ0v) is 16.3. The zero-order chi connectivity index (χ0) is 19.9. The Bertz CT molecular complexity index is 1460. The minimum Gasteiger partial charge on any atom is -0.295 e. The maximum Gasteiger partial charge on any atom is 0.132 e. The van der Waals surface area contributed by atoms with E-state index in [1.165, 1.54) is 5.56 Å². The van der Waals surface area contributed by atoms with Crippen molar-refractivity contribution in [3.8, 4) is 22.6 Å². The maximum atomic E-state index is 4.76. The molecule has 3 heterocycles. The van der Waals surface area contributed by atoms with E-state index in [1.807, 2.05) is 12.3 Å². The second-order valence-corrected chi connectivity index (χ2v) is 7.35. The fourth-order valence-corrected chi connectivity index (χ4v) is 4.29. The molecule has 0 aliphatic carbocycles. The Morgan fingerprint density at radius 1 is 0.567 bits per heavy atom. The van der Waals surface area contributed by atoms with Gasteiger partial charge in [-0.25, -0.2) is 0 Å². The molecule has 0 saturated carbocycles. The molecule has 0 saturated heterocycles. The standard InChI is InChI=1S/C27H19N3/c1-4-11-20(12-5-1)25-19-23-26-24(17-10-18-28-26)29(21-13-6-2-7-14-21)27(23)30(25)22-15-8-3-9-16-22/h1-19H. The molecule has 0 radical (unpaired) electrons. The summed E-state index contributed by atoms with van der Waals surface area (Å²) in [5.74, 6) is 0. The van der Waals surface area contributed by atoms with Gasteiger partial charge in [0, 0.05) is 23.0 Å². The number of rotatable bonds is 3. The quantitative estimate of drug-likeness (QED) is 0.335. The molecule has 142 valence electrons. The van der Waals surface area contributed by atoms with Crippen molar-refractivity contribution in [3.05, 3.63) is 115 Å². The molecule has 0 N–H and O–H groups in total. The fourth-order valence-electron chi connectivity index (χ4n) is 4.29. The molecule has 6 aromatic rings. The van der Waals surface area contributed by atoms with Crippen LogP contribution < -0.4 is 0 Å². The lowest BCUT2D eigenvalue weighted by molar-refractivity contribution is 1.04. The molecule has 0 atom stereocenters. The topological polar surface area (TPSA) is 22.8 Å². The zero-order valence-electron chi connectivity index (χ0n) is 16.3. The van der Waals surface area contributed by atoms with Gasteiger partial charge < -0.3 is 0 Å². The highest BCUT2D eigenvalue weighted by atomic mass is 15.1. The molecule has 3 nitrogen and oxygen atoms in total. The summed E-state index contributed by atoms with van der Waals surface area (Å²) in [6, 6.07) is 38.0. The van der Waals surface area contributed by atoms with Crippen LogP contribution in [0.5, 0.6) is 0 Å². The SMILES string of the molecule is c1ccc(-c2cc3c4ncccc4n(-c4ccccc4)c3n2-c2ccccc2)cc1. The van der Waals surface area contributed by atoms with Crippen LogP contribution in [0.3, 0.4) is 0 Å². The number of hydrogen-bond acceptors (Lipinski definition) is 1. The van der Waals surface area contributed by atoms with Gasteiger partial charge in [-0.15, -0.1) is 0 Å². The molecule has 0 fully saturated rings. The van der Waals surface area contributed by atoms with Crippen LogP contribution in [0.25, 0.3) is 44.7 Å². The van der Waals surface area contributed by atoms with Crippen LogP contribution >= 0.6 is 0 Å². The minimum absolute atomic E-state index is 1.02. The van der Waals surface area contributed by atoms with Gasteiger partial charge in [-0.05, 0) is 48.0 Å². The van der Waals surface area contributed by atoms with E-state index in [0.29, 0.717) is 0 Å². The van der Waals surface area contributed by atoms with Crippen molar-refractivity contribution < 1.29 is 0 Å². The summed E-state index contributed by atoms with van der Waals surface area (Å²) >= 11 is 0. The highest BCUT2D eigenvalue weighted by molar-refractivity contribution is 6.08. The molecular formula is C27H19N3. The second kappa shape index (κ2) is 6.75. The first-order valence-electron chi connectivity index (χ1n) is 10.1. The highest BCUT2D eigenvalue weighted by Gasteiger charge is 2.21. The van der Waals surface area contributed by atoms with E-state index < -0.39 is 0 Å². The Morgan fingerprint density at radius 3 is 1.83 bits per heavy atom. The van der Waals surface area contributed by atoms with Gasteiger partial charge in [0.25, 0.3) is 0 Å². The smallest absolute Gasteiger partial charge is 0.132 e. The van der Waals surface area contributed by atoms with Gasteiger partial charge in [-0.2, -0.15) is 0 Å². The summed E-state index contributed by atoms with van der Waals surface area (Å²) in [6.07, 6.45) is 1.87. The molecule has 3 aromatic heterocycles. The van der Waals surface area contributed by atoms with Crippen molar-refractivity contribution >= 4 is 22.1 Å². The van der Waals surface area contributed by atoms with E-state index in [2.05, 4.69) is 112 Å². The predicted octanol–water partition coefficient (Wildman–Crippen LogP) is 6.64. The number of aromatic nitrogens is 3. The molecule has 0 aliphatic heterocycles. The van der Waals surface area contributed by atoms with Crippen molar-refractivity contribution in [1.82, 2.24) is 14.1 Å². The first kappa shape index (κ1) is 16.8. The largest absolute Gasteiger partial charge is 0.295 e. The summed E-state index contributed by atoms with van der Waals surface area (Å²) in [4.78, 5) is 4.76. The number of nitrogens with zero attached hydrogens (tertiary/aromatic N) is 3. The molecule has 6 rings (SSSR count). The third-order valence-corrected chi connectivity index (χ3v) is 5.57. The van der Waals surface area contributed by atoms with E-state index >= 15 is 0 Å². The molecule has 0 amide bonds. The fraction of sp³-hybridized carbons (Fsp3) is 0. The Kier molecular flexibility index (Phi) is 3.78. The van der Waals surface area contributed by atoms with Gasteiger partial charge in [-0.3, -0.25) is 14.1 Å². The number of fused-ring (bicyclic) bond motifs is 3. The van der Waals surface area contributed by atoms with Crippen molar-refractivity contribution in [2.24, 2.45) is 0 Å². The highest BCUT2D eigenvalue weighted by Crippen LogP contribution is 2.38. The summed E-state index contributed by atoms with van der Waals surface area (Å²) < 4.78 is 4.66. The van der Waals surface area contributed by atoms with Crippen LogP contribution in [0.2, 0.25) is 0 Å². The second-order valence-electron chi connectivity index (χ2n) is 7.35. The Balaban J connectivity index is 1.82. The third kappa shape index (κ3) is 2.49. The van der Waals surface area contributed by atoms with E-state index in [1.54, 1.807) is 0 Å². The van der Waals surface area contributed by atoms with Crippen LogP contribution in [-0.4, -0.2) is 14.1 Å². The summed E-state index contributed by atoms with van der Waals surface area (Å²) in [5, 5.41) is 1.15. The van der Waals surface area contributed by atoms with Gasteiger partial charge in [0.1, 0.15) is 5.65 Å². The summed E-state index contributed by atoms with van der Waals surface area (Å²) in [5.41, 5.74) is 7.85. The Morgan fingerprint density at radius 2 is 1.17 bits per heavy atom. The number of pyridine rings is 1. The molecule has 30 heavy (non-hydrogen) atoms. The summed E-state index contributed by atoms with van der Waals surface area (Å²) in [7, 11) is 0. The lowest BCUT2D eigenvalue weighted by Crippen LogP contribution is -2.03. The van der Waals surface area contributed by atoms with Crippen LogP contribution in [0.4, 0.5) is 0 Å². The van der Waals surface area contributed by atoms with Gasteiger partial charge in [0.15, 0.2) is 0 Å². The molecule has 3 aromatic carbocycles. The average Bonchev–Trinajstić information content (AvgIpc) is 3.36. The van der Waals surface area contributed by atoms with Crippen LogP contribution in [0.1, 0.15) is 0 Å². The van der Waals surface area contributed by atoms with Gasteiger partial charge >= 0.3 is 0 Å². The van der Waals surface area contributed by atoms with Crippen molar-refractivity contribution in [2.75, 3.05) is 0 Å². The van der Waals surface area contributed by atoms with Crippen molar-refractivity contribution in [1.29, 1.82) is 0 Å². The first-order valence-corrected chi connectivity index (χ1v) is 10.1. The van der Waals surface area contributed by atoms with Gasteiger partial charge in [0.2, 0.25) is 0 Å². The van der Waals surface area contributed by atoms with E-state index in [4.69, 9.17) is 4.98 Å². The molecule has 0 spiro atoms. The minimum atomic E-state index is 1.02. The number of hydrogen-bond donors (Lipinski definition) is 0. The normalized spacial score (nSPS) is 11.3. The lowest BCUT2D eigenvalue weighted by atomic mass is 10.1. The Hall–Kier alpha value is -4.11. The molecule has 0 bridgehead atoms. The Labute approximate surface area is 174 Å².